The lowest BCUT2D eigenvalue weighted by molar-refractivity contribution is -0.137. The molecule has 3 aromatic rings. The Morgan fingerprint density at radius 1 is 1.03 bits per heavy atom. The number of benzene rings is 2. The molecule has 1 aliphatic rings. The van der Waals surface area contributed by atoms with E-state index in [1.165, 1.54) is 4.31 Å². The molecular weight excluding hydrogens is 421 g/mol. The van der Waals surface area contributed by atoms with E-state index >= 15 is 0 Å². The Morgan fingerprint density at radius 3 is 2.30 bits per heavy atom. The van der Waals surface area contributed by atoms with E-state index < -0.39 is 22.1 Å². The van der Waals surface area contributed by atoms with Crippen molar-refractivity contribution in [3.63, 3.8) is 0 Å². The molecule has 1 aliphatic heterocycles. The Morgan fingerprint density at radius 2 is 1.70 bits per heavy atom. The van der Waals surface area contributed by atoms with Crippen molar-refractivity contribution in [2.75, 3.05) is 13.7 Å². The predicted molar refractivity (Wildman–Crippen MR) is 101 cm³/mol. The van der Waals surface area contributed by atoms with Gasteiger partial charge in [-0.25, -0.2) is 0 Å². The molecule has 0 saturated heterocycles. The minimum atomic E-state index is -4.53. The highest BCUT2D eigenvalue weighted by atomic mass is 32.3. The van der Waals surface area contributed by atoms with Gasteiger partial charge in [0.2, 0.25) is 0 Å². The summed E-state index contributed by atoms with van der Waals surface area (Å²) in [5.41, 5.74) is -0.0856. The number of sulfonamides is 1. The van der Waals surface area contributed by atoms with Gasteiger partial charge >= 0.3 is 6.18 Å². The summed E-state index contributed by atoms with van der Waals surface area (Å²) in [6, 6.07) is 10.7. The van der Waals surface area contributed by atoms with Crippen LogP contribution in [0.15, 0.2) is 53.4 Å². The van der Waals surface area contributed by atoms with E-state index in [1.807, 2.05) is 16.7 Å². The van der Waals surface area contributed by atoms with Crippen molar-refractivity contribution in [1.29, 1.82) is 0 Å². The van der Waals surface area contributed by atoms with Crippen molar-refractivity contribution in [3.05, 3.63) is 59.9 Å². The van der Waals surface area contributed by atoms with E-state index in [0.29, 0.717) is 23.9 Å². The highest BCUT2D eigenvalue weighted by molar-refractivity contribution is 7.95. The van der Waals surface area contributed by atoms with Crippen LogP contribution in [-0.2, 0) is 33.9 Å². The average Bonchev–Trinajstić information content (AvgIpc) is 3.16. The summed E-state index contributed by atoms with van der Waals surface area (Å²) in [6.45, 7) is 0.452. The first kappa shape index (κ1) is 20.5. The first-order chi connectivity index (χ1) is 14.2. The number of nitrogens with zero attached hydrogens (tertiary/aromatic N) is 4. The maximum atomic E-state index is 12.9. The Bertz CT molecular complexity index is 1100. The van der Waals surface area contributed by atoms with Crippen LogP contribution in [0.25, 0.3) is 11.4 Å². The van der Waals surface area contributed by atoms with Gasteiger partial charge in [-0.2, -0.15) is 13.2 Å². The fourth-order valence-corrected chi connectivity index (χ4v) is 4.64. The van der Waals surface area contributed by atoms with Crippen molar-refractivity contribution in [1.82, 2.24) is 19.1 Å². The van der Waals surface area contributed by atoms with Gasteiger partial charge in [-0.3, -0.25) is 0 Å². The topological polar surface area (TPSA) is 83.3 Å². The summed E-state index contributed by atoms with van der Waals surface area (Å²) < 4.78 is 72.1. The minimum Gasteiger partial charge on any atom is -0.593 e. The zero-order valence-electron chi connectivity index (χ0n) is 15.8. The maximum absolute atomic E-state index is 12.9. The molecule has 0 amide bonds. The van der Waals surface area contributed by atoms with Crippen molar-refractivity contribution >= 4 is 10.4 Å². The number of methoxy groups -OCH3 is 1. The van der Waals surface area contributed by atoms with Crippen LogP contribution in [0.3, 0.4) is 0 Å². The van der Waals surface area contributed by atoms with Crippen molar-refractivity contribution in [2.24, 2.45) is 0 Å². The van der Waals surface area contributed by atoms with Gasteiger partial charge in [0.15, 0.2) is 26.9 Å². The van der Waals surface area contributed by atoms with Crippen LogP contribution >= 0.6 is 0 Å². The Kier molecular flexibility index (Phi) is 5.12. The van der Waals surface area contributed by atoms with Crippen LogP contribution in [0.2, 0.25) is 0 Å². The molecule has 158 valence electrons. The molecule has 0 spiro atoms. The van der Waals surface area contributed by atoms with Crippen molar-refractivity contribution < 1.29 is 26.7 Å². The molecule has 0 fully saturated rings. The first-order valence-electron chi connectivity index (χ1n) is 8.94. The van der Waals surface area contributed by atoms with Crippen molar-refractivity contribution in [3.8, 4) is 17.1 Å². The molecule has 0 N–H and O–H groups in total. The number of hydrogen-bond donors (Lipinski definition) is 0. The van der Waals surface area contributed by atoms with E-state index in [4.69, 9.17) is 4.74 Å². The number of aromatic nitrogens is 3. The van der Waals surface area contributed by atoms with Gasteiger partial charge < -0.3 is 13.9 Å². The van der Waals surface area contributed by atoms with E-state index in [0.717, 1.165) is 29.8 Å². The molecule has 11 heteroatoms. The van der Waals surface area contributed by atoms with Gasteiger partial charge in [0.05, 0.1) is 19.2 Å². The summed E-state index contributed by atoms with van der Waals surface area (Å²) >= 11 is 0. The Hall–Kier alpha value is -2.76. The fourth-order valence-electron chi connectivity index (χ4n) is 3.26. The molecule has 0 radical (unpaired) electrons. The summed E-state index contributed by atoms with van der Waals surface area (Å²) in [6.07, 6.45) is -4.53. The largest absolute Gasteiger partial charge is 0.593 e. The van der Waals surface area contributed by atoms with Gasteiger partial charge in [-0.15, -0.1) is 14.5 Å². The second-order valence-corrected chi connectivity index (χ2v) is 8.62. The van der Waals surface area contributed by atoms with Crippen LogP contribution in [0.5, 0.6) is 5.75 Å². The zero-order chi connectivity index (χ0) is 21.5. The molecule has 2 heterocycles. The monoisotopic (exact) mass is 438 g/mol. The van der Waals surface area contributed by atoms with Gasteiger partial charge in [0.25, 0.3) is 0 Å². The summed E-state index contributed by atoms with van der Waals surface area (Å²) in [4.78, 5) is -0.196. The molecule has 1 atom stereocenters. The van der Waals surface area contributed by atoms with E-state index in [-0.39, 0.29) is 18.0 Å². The van der Waals surface area contributed by atoms with Gasteiger partial charge in [0, 0.05) is 12.1 Å². The molecule has 30 heavy (non-hydrogen) atoms. The smallest absolute Gasteiger partial charge is 0.416 e. The number of fused-ring (bicyclic) bond motifs is 1. The van der Waals surface area contributed by atoms with Gasteiger partial charge in [-0.05, 0) is 48.5 Å². The molecule has 0 aliphatic carbocycles. The van der Waals surface area contributed by atoms with Gasteiger partial charge in [0.1, 0.15) is 12.3 Å². The molecule has 0 bridgehead atoms. The molecular formula is C19H17F3N4O3S. The normalized spacial score (nSPS) is 16.7. The summed E-state index contributed by atoms with van der Waals surface area (Å²) in [5, 5.41) is 8.28. The molecule has 1 unspecified atom stereocenters. The number of ether oxygens (including phenoxy) is 1. The number of alkyl halides is 3. The second kappa shape index (κ2) is 7.49. The minimum absolute atomic E-state index is 0.0213. The third-order valence-corrected chi connectivity index (χ3v) is 6.75. The molecule has 4 rings (SSSR count). The van der Waals surface area contributed by atoms with Crippen LogP contribution in [-0.4, -0.2) is 37.3 Å². The van der Waals surface area contributed by atoms with Crippen molar-refractivity contribution in [2.45, 2.75) is 24.2 Å². The summed E-state index contributed by atoms with van der Waals surface area (Å²) in [7, 11) is -2.39. The average molecular weight is 438 g/mol. The standard InChI is InChI=1S/C19H17F3N4O3S/c1-29-15-6-2-13(3-7-15)18-24-23-17-12-25(10-11-26(17)18)30(27,28)16-8-4-14(5-9-16)19(20,21)22/h2-9H,10-12H2,1H3. The lowest BCUT2D eigenvalue weighted by atomic mass is 10.2. The van der Waals surface area contributed by atoms with Crippen LogP contribution < -0.4 is 4.74 Å². The number of rotatable bonds is 4. The van der Waals surface area contributed by atoms with E-state index in [1.54, 1.807) is 19.2 Å². The lowest BCUT2D eigenvalue weighted by Gasteiger charge is -2.30. The third kappa shape index (κ3) is 3.71. The molecule has 1 aromatic heterocycles. The van der Waals surface area contributed by atoms with Crippen LogP contribution in [0.4, 0.5) is 13.2 Å². The molecule has 2 aromatic carbocycles. The number of hydrogen-bond acceptors (Lipinski definition) is 5. The molecule has 0 saturated carbocycles. The fraction of sp³-hybridized carbons (Fsp3) is 0.263. The summed E-state index contributed by atoms with van der Waals surface area (Å²) in [5.74, 6) is 1.77. The quantitative estimate of drug-likeness (QED) is 0.583. The lowest BCUT2D eigenvalue weighted by Crippen LogP contribution is -2.42. The molecule has 7 nitrogen and oxygen atoms in total. The second-order valence-electron chi connectivity index (χ2n) is 6.68. The maximum Gasteiger partial charge on any atom is 0.416 e. The third-order valence-electron chi connectivity index (χ3n) is 4.89. The number of halogens is 3. The SMILES string of the molecule is COc1ccc(-c2nnc3n2CCN([S+](=O)([O-])c2ccc(C(F)(F)F)cc2)C3)cc1. The van der Waals surface area contributed by atoms with E-state index in [9.17, 15) is 21.9 Å². The zero-order valence-corrected chi connectivity index (χ0v) is 16.6. The highest BCUT2D eigenvalue weighted by Crippen LogP contribution is 2.32. The van der Waals surface area contributed by atoms with Crippen LogP contribution in [0.1, 0.15) is 11.4 Å². The van der Waals surface area contributed by atoms with Gasteiger partial charge in [-0.1, -0.05) is 4.21 Å². The predicted octanol–water partition coefficient (Wildman–Crippen LogP) is 3.39. The van der Waals surface area contributed by atoms with Crippen LogP contribution in [0, 0.1) is 0 Å². The van der Waals surface area contributed by atoms with E-state index in [2.05, 4.69) is 10.2 Å². The Labute approximate surface area is 171 Å². The highest BCUT2D eigenvalue weighted by Gasteiger charge is 2.36. The first-order valence-corrected chi connectivity index (χ1v) is 10.4. The Balaban J connectivity index is 1.57.